The average Bonchev–Trinajstić information content (AvgIpc) is 3.97. The first-order valence-corrected chi connectivity index (χ1v) is 27.3. The molecule has 1 spiro atoms. The largest absolute Gasteiger partial charge is 0.507 e. The third kappa shape index (κ3) is 8.62. The predicted octanol–water partition coefficient (Wildman–Crippen LogP) is 4.71. The van der Waals surface area contributed by atoms with Crippen molar-refractivity contribution in [1.29, 1.82) is 0 Å². The number of nitrogens with two attached hydrogens (primary N) is 1. The Bertz CT molecular complexity index is 2930. The fourth-order valence-corrected chi connectivity index (χ4v) is 14.4. The molecule has 7 fully saturated rings. The number of nitrogens with one attached hydrogen (secondary N) is 2. The van der Waals surface area contributed by atoms with E-state index in [-0.39, 0.29) is 59.9 Å². The molecule has 3 aromatic heterocycles. The van der Waals surface area contributed by atoms with E-state index in [1.165, 1.54) is 4.90 Å². The number of aliphatic hydroxyl groups is 1. The number of carbonyl (C=O) groups is 3. The van der Waals surface area contributed by atoms with Crippen molar-refractivity contribution in [2.75, 3.05) is 61.3 Å². The zero-order chi connectivity index (χ0) is 51.3. The van der Waals surface area contributed by atoms with Crippen LogP contribution in [0, 0.1) is 23.7 Å². The molecule has 0 bridgehead atoms. The summed E-state index contributed by atoms with van der Waals surface area (Å²) in [6.45, 7) is 13.9. The quantitative estimate of drug-likeness (QED) is 0.114. The Morgan fingerprint density at radius 1 is 0.865 bits per heavy atom. The summed E-state index contributed by atoms with van der Waals surface area (Å²) < 4.78 is 0. The SMILES string of the molecule is Cc1ncsc1-c1ccc(CNC(=O)[C@@H]2C[C@@H](O)CN2C(=O)[C@@H](NC(=O)C2CCC(N3CC4(CN(c5cnc(C67CC8CN(c9cc(-c%10ccccc%10O)nnc9N)CC(C6)N87)nc5)C4)C3)CC2)C(C)(C)C)cc1. The van der Waals surface area contributed by atoms with Gasteiger partial charge in [0.2, 0.25) is 17.7 Å². The van der Waals surface area contributed by atoms with Gasteiger partial charge in [0.15, 0.2) is 5.82 Å². The van der Waals surface area contributed by atoms with Gasteiger partial charge in [-0.05, 0) is 80.2 Å². The van der Waals surface area contributed by atoms with Gasteiger partial charge in [0.1, 0.15) is 23.7 Å². The smallest absolute Gasteiger partial charge is 0.246 e. The van der Waals surface area contributed by atoms with Crippen LogP contribution >= 0.6 is 11.3 Å². The number of hydrogen-bond donors (Lipinski definition) is 5. The molecule has 388 valence electrons. The normalized spacial score (nSPS) is 27.6. The van der Waals surface area contributed by atoms with E-state index >= 15 is 0 Å². The summed E-state index contributed by atoms with van der Waals surface area (Å²) in [5, 5.41) is 35.8. The molecule has 6 N–H and O–H groups in total. The van der Waals surface area contributed by atoms with Crippen LogP contribution in [0.5, 0.6) is 5.75 Å². The number of para-hydroxylation sites is 1. The molecule has 5 aromatic rings. The molecule has 12 rings (SSSR count). The number of likely N-dealkylation sites (tertiary alicyclic amines) is 2. The maximum atomic E-state index is 14.3. The standard InChI is InChI=1S/C55H67N13O5S/c1-32-46(74-31-60-32)34-11-9-33(10-12-34)21-57-50(72)44-17-40(69)26-67(44)51(73)47(53(2,3)4)61-49(71)35-13-15-36(16-14-35)65-27-54(28-65)29-66(30-54)39-22-58-52(59-23-39)55-19-37-24-64(25-38(20-55)68(37)55)43-18-42(62-63-48(43)56)41-7-5-6-8-45(41)70/h5-12,18,22-23,31,35-38,40,44,47,69-70H,13-17,19-21,24-30H2,1-4H3,(H2,56,63)(H,57,72)(H,61,71)/t35?,36?,37?,38?,40-,44+,47-,55?/m1/s1. The third-order valence-electron chi connectivity index (χ3n) is 17.4. The molecule has 6 saturated heterocycles. The van der Waals surface area contributed by atoms with Crippen LogP contribution < -0.4 is 26.2 Å². The maximum absolute atomic E-state index is 14.3. The van der Waals surface area contributed by atoms with Gasteiger partial charge in [-0.15, -0.1) is 21.5 Å². The van der Waals surface area contributed by atoms with Crippen molar-refractivity contribution >= 4 is 46.3 Å². The number of carbonyl (C=O) groups excluding carboxylic acids is 3. The summed E-state index contributed by atoms with van der Waals surface area (Å²) in [6, 6.07) is 16.6. The number of aliphatic hydroxyl groups excluding tert-OH is 1. The van der Waals surface area contributed by atoms with E-state index in [4.69, 9.17) is 15.7 Å². The number of phenols is 1. The first-order chi connectivity index (χ1) is 35.5. The number of piperazine rings is 1. The topological polar surface area (TPSA) is 222 Å². The highest BCUT2D eigenvalue weighted by Crippen LogP contribution is 2.59. The van der Waals surface area contributed by atoms with E-state index in [1.807, 2.05) is 88.1 Å². The second-order valence-electron chi connectivity index (χ2n) is 23.5. The molecule has 3 amide bonds. The molecule has 1 aliphatic carbocycles. The predicted molar refractivity (Wildman–Crippen MR) is 282 cm³/mol. The minimum absolute atomic E-state index is 0.0408. The van der Waals surface area contributed by atoms with Crippen molar-refractivity contribution in [2.45, 2.75) is 121 Å². The second kappa shape index (κ2) is 18.5. The number of piperidine rings is 1. The number of aromatic hydroxyl groups is 1. The molecule has 19 heteroatoms. The van der Waals surface area contributed by atoms with Crippen LogP contribution in [-0.4, -0.2) is 150 Å². The third-order valence-corrected chi connectivity index (χ3v) is 18.4. The lowest BCUT2D eigenvalue weighted by atomic mass is 9.62. The van der Waals surface area contributed by atoms with Gasteiger partial charge in [0, 0.05) is 93.8 Å². The van der Waals surface area contributed by atoms with Crippen LogP contribution in [0.1, 0.15) is 82.8 Å². The fourth-order valence-electron chi connectivity index (χ4n) is 13.6. The highest BCUT2D eigenvalue weighted by Gasteiger charge is 2.67. The van der Waals surface area contributed by atoms with Gasteiger partial charge in [-0.3, -0.25) is 24.2 Å². The Labute approximate surface area is 435 Å². The average molecular weight is 1020 g/mol. The van der Waals surface area contributed by atoms with E-state index < -0.39 is 23.6 Å². The molecular formula is C55H67N13O5S. The number of thiazole rings is 1. The first-order valence-electron chi connectivity index (χ1n) is 26.4. The molecule has 2 aromatic carbocycles. The lowest BCUT2D eigenvalue weighted by molar-refractivity contribution is -0.216. The number of β-amino-alcohol motifs (C(OH)–C–C–N with tert-alkyl or cyclic N) is 1. The number of rotatable bonds is 12. The Hall–Kier alpha value is -6.28. The lowest BCUT2D eigenvalue weighted by Crippen LogP contribution is -2.83. The van der Waals surface area contributed by atoms with Crippen molar-refractivity contribution in [3.8, 4) is 27.4 Å². The van der Waals surface area contributed by atoms with Gasteiger partial charge < -0.3 is 41.3 Å². The van der Waals surface area contributed by atoms with Crippen LogP contribution in [0.3, 0.4) is 0 Å². The van der Waals surface area contributed by atoms with Crippen molar-refractivity contribution in [3.05, 3.63) is 89.6 Å². The highest BCUT2D eigenvalue weighted by molar-refractivity contribution is 7.13. The zero-order valence-corrected chi connectivity index (χ0v) is 43.5. The van der Waals surface area contributed by atoms with Crippen molar-refractivity contribution < 1.29 is 24.6 Å². The van der Waals surface area contributed by atoms with Crippen molar-refractivity contribution in [3.63, 3.8) is 0 Å². The van der Waals surface area contributed by atoms with Gasteiger partial charge in [-0.1, -0.05) is 57.2 Å². The number of anilines is 3. The number of nitrogens with zero attached hydrogens (tertiary/aromatic N) is 10. The van der Waals surface area contributed by atoms with Gasteiger partial charge in [0.05, 0.1) is 57.2 Å². The van der Waals surface area contributed by atoms with Crippen LogP contribution in [-0.2, 0) is 26.5 Å². The molecular weight excluding hydrogens is 955 g/mol. The summed E-state index contributed by atoms with van der Waals surface area (Å²) in [7, 11) is 0. The Balaban J connectivity index is 0.589. The first kappa shape index (κ1) is 48.6. The van der Waals surface area contributed by atoms with E-state index in [0.717, 1.165) is 117 Å². The van der Waals surface area contributed by atoms with E-state index in [2.05, 4.69) is 45.4 Å². The molecule has 18 nitrogen and oxygen atoms in total. The minimum atomic E-state index is -0.850. The maximum Gasteiger partial charge on any atom is 0.246 e. The summed E-state index contributed by atoms with van der Waals surface area (Å²) in [5.41, 5.74) is 13.9. The van der Waals surface area contributed by atoms with Crippen molar-refractivity contribution in [1.82, 2.24) is 50.5 Å². The molecule has 2 unspecified atom stereocenters. The Morgan fingerprint density at radius 2 is 1.57 bits per heavy atom. The number of hydrogen-bond acceptors (Lipinski definition) is 16. The number of aryl methyl sites for hydroxylation is 1. The Morgan fingerprint density at radius 3 is 2.23 bits per heavy atom. The van der Waals surface area contributed by atoms with E-state index in [9.17, 15) is 24.6 Å². The number of benzene rings is 2. The summed E-state index contributed by atoms with van der Waals surface area (Å²) in [5.74, 6) is 0.522. The Kier molecular flexibility index (Phi) is 12.2. The molecule has 7 aliphatic rings. The molecule has 5 atom stereocenters. The number of amides is 3. The number of nitrogen functional groups attached to an aromatic ring is 1. The zero-order valence-electron chi connectivity index (χ0n) is 42.7. The van der Waals surface area contributed by atoms with E-state index in [0.29, 0.717) is 35.2 Å². The molecule has 1 saturated carbocycles. The molecule has 9 heterocycles. The molecule has 6 aliphatic heterocycles. The fraction of sp³-hybridized carbons (Fsp3) is 0.527. The summed E-state index contributed by atoms with van der Waals surface area (Å²) in [4.78, 5) is 68.7. The van der Waals surface area contributed by atoms with Crippen LogP contribution in [0.4, 0.5) is 17.2 Å². The van der Waals surface area contributed by atoms with Gasteiger partial charge >= 0.3 is 0 Å². The number of phenolic OH excluding ortho intramolecular Hbond substituents is 1. The van der Waals surface area contributed by atoms with Crippen LogP contribution in [0.25, 0.3) is 21.7 Å². The molecule has 0 radical (unpaired) electrons. The van der Waals surface area contributed by atoms with Crippen molar-refractivity contribution in [2.24, 2.45) is 16.7 Å². The van der Waals surface area contributed by atoms with Gasteiger partial charge in [-0.2, -0.15) is 0 Å². The summed E-state index contributed by atoms with van der Waals surface area (Å²) >= 11 is 1.59. The highest BCUT2D eigenvalue weighted by atomic mass is 32.1. The summed E-state index contributed by atoms with van der Waals surface area (Å²) in [6.07, 6.45) is 8.73. The van der Waals surface area contributed by atoms with Crippen LogP contribution in [0.15, 0.2) is 72.5 Å². The molecule has 74 heavy (non-hydrogen) atoms. The van der Waals surface area contributed by atoms with Gasteiger partial charge in [-0.25, -0.2) is 15.0 Å². The monoisotopic (exact) mass is 1020 g/mol. The van der Waals surface area contributed by atoms with Crippen LogP contribution in [0.2, 0.25) is 0 Å². The lowest BCUT2D eigenvalue weighted by Gasteiger charge is -2.72. The second-order valence-corrected chi connectivity index (χ2v) is 24.3. The van der Waals surface area contributed by atoms with Gasteiger partial charge in [0.25, 0.3) is 0 Å². The minimum Gasteiger partial charge on any atom is -0.507 e. The van der Waals surface area contributed by atoms with E-state index in [1.54, 1.807) is 23.5 Å². The number of aromatic nitrogens is 5.